The Bertz CT molecular complexity index is 529. The molecule has 1 heterocycles. The van der Waals surface area contributed by atoms with Gasteiger partial charge in [-0.2, -0.15) is 0 Å². The van der Waals surface area contributed by atoms with Crippen LogP contribution in [0.1, 0.15) is 39.2 Å². The molecule has 1 aliphatic rings. The molecule has 0 saturated heterocycles. The highest BCUT2D eigenvalue weighted by atomic mass is 28.4. The fourth-order valence-electron chi connectivity index (χ4n) is 2.34. The summed E-state index contributed by atoms with van der Waals surface area (Å²) in [6, 6.07) is 8.42. The fraction of sp³-hybridized carbons (Fsp3) is 0.579. The van der Waals surface area contributed by atoms with Crippen molar-refractivity contribution in [3.05, 3.63) is 42.2 Å². The smallest absolute Gasteiger partial charge is 0.250 e. The Labute approximate surface area is 141 Å². The van der Waals surface area contributed by atoms with Gasteiger partial charge in [-0.15, -0.1) is 0 Å². The molecule has 0 spiro atoms. The average Bonchev–Trinajstić information content (AvgIpc) is 2.45. The monoisotopic (exact) mass is 334 g/mol. The zero-order valence-electron chi connectivity index (χ0n) is 15.0. The molecule has 3 nitrogen and oxygen atoms in total. The van der Waals surface area contributed by atoms with E-state index in [2.05, 4.69) is 58.1 Å². The van der Waals surface area contributed by atoms with E-state index >= 15 is 0 Å². The van der Waals surface area contributed by atoms with E-state index in [4.69, 9.17) is 9.16 Å². The number of benzene rings is 1. The number of aryl methyl sites for hydroxylation is 1. The molecule has 4 heteroatoms. The Morgan fingerprint density at radius 3 is 2.43 bits per heavy atom. The van der Waals surface area contributed by atoms with Crippen LogP contribution in [0.3, 0.4) is 0 Å². The molecule has 23 heavy (non-hydrogen) atoms. The molecule has 1 N–H and O–H groups in total. The number of hydrogen-bond donors (Lipinski definition) is 1. The molecular formula is C19H30O3Si. The highest BCUT2D eigenvalue weighted by molar-refractivity contribution is 6.74. The Morgan fingerprint density at radius 2 is 1.87 bits per heavy atom. The quantitative estimate of drug-likeness (QED) is 0.796. The number of hydrogen-bond acceptors (Lipinski definition) is 3. The van der Waals surface area contributed by atoms with Gasteiger partial charge in [0, 0.05) is 6.42 Å². The van der Waals surface area contributed by atoms with Crippen LogP contribution in [0, 0.1) is 0 Å². The lowest BCUT2D eigenvalue weighted by molar-refractivity contribution is 0.0594. The molecule has 0 saturated carbocycles. The van der Waals surface area contributed by atoms with Crippen molar-refractivity contribution >= 4 is 8.32 Å². The lowest BCUT2D eigenvalue weighted by Crippen LogP contribution is -2.43. The number of ether oxygens (including phenoxy) is 1. The maximum Gasteiger partial charge on any atom is 0.250 e. The second kappa shape index (κ2) is 7.10. The molecule has 0 aliphatic carbocycles. The Morgan fingerprint density at radius 1 is 1.22 bits per heavy atom. The van der Waals surface area contributed by atoms with Crippen LogP contribution in [-0.4, -0.2) is 25.6 Å². The van der Waals surface area contributed by atoms with Gasteiger partial charge in [-0.05, 0) is 54.7 Å². The van der Waals surface area contributed by atoms with Gasteiger partial charge in [0.25, 0.3) is 0 Å². The maximum absolute atomic E-state index is 9.61. The molecule has 0 radical (unpaired) electrons. The largest absolute Gasteiger partial charge is 0.544 e. The number of aliphatic hydroxyl groups excluding tert-OH is 1. The first kappa shape index (κ1) is 18.1. The van der Waals surface area contributed by atoms with Gasteiger partial charge in [-0.1, -0.05) is 32.9 Å². The molecule has 1 aliphatic heterocycles. The van der Waals surface area contributed by atoms with Crippen molar-refractivity contribution in [2.45, 2.75) is 70.4 Å². The van der Waals surface area contributed by atoms with Crippen LogP contribution in [0.4, 0.5) is 0 Å². The summed E-state index contributed by atoms with van der Waals surface area (Å²) in [5.74, 6) is 0.965. The van der Waals surface area contributed by atoms with E-state index in [0.717, 1.165) is 18.6 Å². The first-order valence-electron chi connectivity index (χ1n) is 8.45. The molecule has 0 unspecified atom stereocenters. The molecule has 1 aromatic carbocycles. The fourth-order valence-corrected chi connectivity index (χ4v) is 3.37. The molecule has 2 rings (SSSR count). The van der Waals surface area contributed by atoms with E-state index in [1.54, 1.807) is 12.3 Å². The predicted molar refractivity (Wildman–Crippen MR) is 97.2 cm³/mol. The number of rotatable bonds is 5. The molecule has 0 fully saturated rings. The van der Waals surface area contributed by atoms with Crippen LogP contribution in [0.5, 0.6) is 5.75 Å². The van der Waals surface area contributed by atoms with Crippen LogP contribution < -0.4 is 4.43 Å². The van der Waals surface area contributed by atoms with Crippen molar-refractivity contribution in [1.29, 1.82) is 0 Å². The predicted octanol–water partition coefficient (Wildman–Crippen LogP) is 4.67. The summed E-state index contributed by atoms with van der Waals surface area (Å²) in [6.45, 7) is 11.3. The zero-order chi connectivity index (χ0) is 17.1. The van der Waals surface area contributed by atoms with Crippen LogP contribution in [0.2, 0.25) is 18.1 Å². The van der Waals surface area contributed by atoms with Crippen molar-refractivity contribution in [2.24, 2.45) is 0 Å². The van der Waals surface area contributed by atoms with E-state index in [9.17, 15) is 5.11 Å². The molecule has 1 aromatic rings. The van der Waals surface area contributed by atoms with E-state index in [0.29, 0.717) is 6.42 Å². The minimum atomic E-state index is -1.77. The minimum absolute atomic E-state index is 0.109. The van der Waals surface area contributed by atoms with E-state index in [-0.39, 0.29) is 17.2 Å². The van der Waals surface area contributed by atoms with Gasteiger partial charge >= 0.3 is 0 Å². The molecule has 2 atom stereocenters. The summed E-state index contributed by atoms with van der Waals surface area (Å²) < 4.78 is 11.8. The molecule has 0 bridgehead atoms. The van der Waals surface area contributed by atoms with Crippen molar-refractivity contribution in [3.8, 4) is 5.75 Å². The van der Waals surface area contributed by atoms with Gasteiger partial charge in [0.15, 0.2) is 0 Å². The number of aliphatic hydroxyl groups is 1. The third-order valence-electron chi connectivity index (χ3n) is 4.93. The Balaban J connectivity index is 1.88. The van der Waals surface area contributed by atoms with Gasteiger partial charge in [0.1, 0.15) is 11.9 Å². The maximum atomic E-state index is 9.61. The van der Waals surface area contributed by atoms with Crippen molar-refractivity contribution < 1.29 is 14.3 Å². The van der Waals surface area contributed by atoms with E-state index < -0.39 is 8.32 Å². The second-order valence-corrected chi connectivity index (χ2v) is 12.7. The standard InChI is InChI=1S/C19H30O3Si/c1-19(2,3)23(4,5)22-17-9-6-15(7-10-17)8-11-18-14-16(20)12-13-21-18/h6-7,9-10,12-13,16,18,20H,8,11,14H2,1-5H3/t16-,18+/m1/s1. The lowest BCUT2D eigenvalue weighted by Gasteiger charge is -2.36. The summed E-state index contributed by atoms with van der Waals surface area (Å²) in [7, 11) is -1.77. The third kappa shape index (κ3) is 5.11. The van der Waals surface area contributed by atoms with Crippen LogP contribution >= 0.6 is 0 Å². The Kier molecular flexibility index (Phi) is 5.58. The highest BCUT2D eigenvalue weighted by Gasteiger charge is 2.38. The van der Waals surface area contributed by atoms with Gasteiger partial charge in [0.2, 0.25) is 8.32 Å². The summed E-state index contributed by atoms with van der Waals surface area (Å²) in [6.07, 6.45) is 5.61. The summed E-state index contributed by atoms with van der Waals surface area (Å²) in [5, 5.41) is 9.81. The molecule has 0 aromatic heterocycles. The third-order valence-corrected chi connectivity index (χ3v) is 9.29. The molecule has 0 amide bonds. The van der Waals surface area contributed by atoms with Crippen LogP contribution in [0.15, 0.2) is 36.6 Å². The molecular weight excluding hydrogens is 304 g/mol. The topological polar surface area (TPSA) is 38.7 Å². The summed E-state index contributed by atoms with van der Waals surface area (Å²) in [4.78, 5) is 0. The summed E-state index contributed by atoms with van der Waals surface area (Å²) in [5.41, 5.74) is 1.28. The SMILES string of the molecule is CC(C)(C)[Si](C)(C)Oc1ccc(CC[C@H]2C[C@H](O)C=CO2)cc1. The van der Waals surface area contributed by atoms with Crippen LogP contribution in [-0.2, 0) is 11.2 Å². The molecule has 128 valence electrons. The lowest BCUT2D eigenvalue weighted by atomic mass is 10.0. The summed E-state index contributed by atoms with van der Waals surface area (Å²) >= 11 is 0. The highest BCUT2D eigenvalue weighted by Crippen LogP contribution is 2.37. The van der Waals surface area contributed by atoms with Gasteiger partial charge in [0.05, 0.1) is 12.4 Å². The second-order valence-electron chi connectivity index (χ2n) is 7.93. The zero-order valence-corrected chi connectivity index (χ0v) is 16.0. The van der Waals surface area contributed by atoms with Crippen molar-refractivity contribution in [1.82, 2.24) is 0 Å². The van der Waals surface area contributed by atoms with Crippen LogP contribution in [0.25, 0.3) is 0 Å². The van der Waals surface area contributed by atoms with Crippen molar-refractivity contribution in [3.63, 3.8) is 0 Å². The first-order chi connectivity index (χ1) is 10.7. The van der Waals surface area contributed by atoms with Gasteiger partial charge in [-0.25, -0.2) is 0 Å². The van der Waals surface area contributed by atoms with Gasteiger partial charge < -0.3 is 14.3 Å². The average molecular weight is 335 g/mol. The first-order valence-corrected chi connectivity index (χ1v) is 11.4. The van der Waals surface area contributed by atoms with Gasteiger partial charge in [-0.3, -0.25) is 0 Å². The minimum Gasteiger partial charge on any atom is -0.544 e. The normalized spacial score (nSPS) is 21.8. The Hall–Kier alpha value is -1.26. The van der Waals surface area contributed by atoms with Crippen molar-refractivity contribution in [2.75, 3.05) is 0 Å². The van der Waals surface area contributed by atoms with E-state index in [1.807, 2.05) is 0 Å². The van der Waals surface area contributed by atoms with E-state index in [1.165, 1.54) is 5.56 Å².